The fourth-order valence-corrected chi connectivity index (χ4v) is 3.91. The third-order valence-corrected chi connectivity index (χ3v) is 5.39. The summed E-state index contributed by atoms with van der Waals surface area (Å²) < 4.78 is 20.4. The van der Waals surface area contributed by atoms with E-state index in [9.17, 15) is 14.0 Å². The van der Waals surface area contributed by atoms with Gasteiger partial charge in [0.25, 0.3) is 0 Å². The number of ether oxygens (including phenoxy) is 1. The summed E-state index contributed by atoms with van der Waals surface area (Å²) in [5.74, 6) is -0.803. The number of fused-ring (bicyclic) bond motifs is 1. The first-order valence-corrected chi connectivity index (χ1v) is 10.6. The summed E-state index contributed by atoms with van der Waals surface area (Å²) in [5, 5.41) is 7.19. The Balaban J connectivity index is 1.73. The number of allylic oxidation sites excluding steroid dienone is 1. The van der Waals surface area contributed by atoms with Gasteiger partial charge in [-0.3, -0.25) is 4.79 Å². The number of carbonyl (C=O) groups excluding carboxylic acids is 2. The van der Waals surface area contributed by atoms with Crippen molar-refractivity contribution in [1.29, 1.82) is 0 Å². The van der Waals surface area contributed by atoms with Crippen LogP contribution < -0.4 is 10.2 Å². The topological polar surface area (TPSA) is 89.3 Å². The van der Waals surface area contributed by atoms with Gasteiger partial charge in [0.1, 0.15) is 24.7 Å². The number of esters is 1. The zero-order valence-electron chi connectivity index (χ0n) is 18.6. The number of hydrogen-bond donors (Lipinski definition) is 1. The molecular formula is C24H24FN5O3. The van der Waals surface area contributed by atoms with Crippen molar-refractivity contribution in [2.24, 2.45) is 0 Å². The molecule has 8 nitrogen and oxygen atoms in total. The monoisotopic (exact) mass is 449 g/mol. The lowest BCUT2D eigenvalue weighted by Crippen LogP contribution is -2.40. The highest BCUT2D eigenvalue weighted by Gasteiger charge is 2.38. The van der Waals surface area contributed by atoms with Crippen molar-refractivity contribution in [2.45, 2.75) is 26.8 Å². The molecule has 0 saturated heterocycles. The van der Waals surface area contributed by atoms with Crippen LogP contribution in [0, 0.1) is 12.7 Å². The number of halogens is 1. The van der Waals surface area contributed by atoms with Crippen LogP contribution in [0.4, 0.5) is 16.0 Å². The number of aromatic nitrogens is 3. The van der Waals surface area contributed by atoms with Crippen LogP contribution in [-0.4, -0.2) is 39.8 Å². The molecule has 1 aromatic heterocycles. The molecule has 0 bridgehead atoms. The minimum absolute atomic E-state index is 0.0858. The van der Waals surface area contributed by atoms with Gasteiger partial charge in [-0.2, -0.15) is 10.1 Å². The highest BCUT2D eigenvalue weighted by Crippen LogP contribution is 2.38. The number of aryl methyl sites for hydroxylation is 1. The van der Waals surface area contributed by atoms with Gasteiger partial charge in [-0.15, -0.1) is 0 Å². The van der Waals surface area contributed by atoms with Crippen LogP contribution in [0.2, 0.25) is 0 Å². The van der Waals surface area contributed by atoms with Gasteiger partial charge in [-0.25, -0.2) is 13.9 Å². The largest absolute Gasteiger partial charge is 0.463 e. The van der Waals surface area contributed by atoms with E-state index in [1.54, 1.807) is 41.6 Å². The molecule has 1 atom stereocenters. The number of rotatable bonds is 6. The van der Waals surface area contributed by atoms with E-state index in [0.717, 1.165) is 5.56 Å². The van der Waals surface area contributed by atoms with Crippen molar-refractivity contribution in [1.82, 2.24) is 14.8 Å². The van der Waals surface area contributed by atoms with Crippen LogP contribution in [0.15, 0.2) is 66.1 Å². The average Bonchev–Trinajstić information content (AvgIpc) is 3.25. The summed E-state index contributed by atoms with van der Waals surface area (Å²) in [6, 6.07) is 12.7. The van der Waals surface area contributed by atoms with Gasteiger partial charge in [0.15, 0.2) is 0 Å². The summed E-state index contributed by atoms with van der Waals surface area (Å²) in [7, 11) is 0. The summed E-state index contributed by atoms with van der Waals surface area (Å²) in [4.78, 5) is 31.8. The predicted molar refractivity (Wildman–Crippen MR) is 121 cm³/mol. The third kappa shape index (κ3) is 4.48. The zero-order valence-corrected chi connectivity index (χ0v) is 18.6. The van der Waals surface area contributed by atoms with Crippen molar-refractivity contribution in [3.05, 3.63) is 83.1 Å². The van der Waals surface area contributed by atoms with E-state index < -0.39 is 12.0 Å². The molecule has 0 fully saturated rings. The second kappa shape index (κ2) is 9.23. The van der Waals surface area contributed by atoms with Crippen LogP contribution in [0.3, 0.4) is 0 Å². The number of hydrogen-bond acceptors (Lipinski definition) is 6. The Morgan fingerprint density at radius 1 is 1.15 bits per heavy atom. The summed E-state index contributed by atoms with van der Waals surface area (Å²) in [6.45, 7) is 5.50. The molecule has 1 aliphatic rings. The number of nitrogens with zero attached hydrogens (tertiary/aromatic N) is 4. The molecule has 0 spiro atoms. The molecule has 33 heavy (non-hydrogen) atoms. The first kappa shape index (κ1) is 22.2. The maximum absolute atomic E-state index is 13.6. The molecule has 4 rings (SSSR count). The van der Waals surface area contributed by atoms with Crippen molar-refractivity contribution in [2.75, 3.05) is 23.4 Å². The van der Waals surface area contributed by atoms with Crippen molar-refractivity contribution in [3.8, 4) is 0 Å². The predicted octanol–water partition coefficient (Wildman–Crippen LogP) is 3.61. The standard InChI is InChI=1S/C24H24FN5O3/c1-4-33-23(32)21-16(3)29(13-20(31)28-19-7-5-6-15(2)12-19)24-26-14-27-30(24)22(21)17-8-10-18(25)11-9-17/h5-12,14,22H,4,13H2,1-3H3,(H,28,31)/t22-/m1/s1. The molecule has 0 radical (unpaired) electrons. The van der Waals surface area contributed by atoms with Gasteiger partial charge in [0, 0.05) is 11.4 Å². The number of anilines is 2. The van der Waals surface area contributed by atoms with E-state index in [2.05, 4.69) is 15.4 Å². The van der Waals surface area contributed by atoms with Crippen LogP contribution in [0.25, 0.3) is 0 Å². The van der Waals surface area contributed by atoms with E-state index in [0.29, 0.717) is 28.5 Å². The molecule has 170 valence electrons. The summed E-state index contributed by atoms with van der Waals surface area (Å²) in [5.41, 5.74) is 3.17. The lowest BCUT2D eigenvalue weighted by molar-refractivity contribution is -0.139. The van der Waals surface area contributed by atoms with Crippen molar-refractivity contribution < 1.29 is 18.7 Å². The van der Waals surface area contributed by atoms with Gasteiger partial charge in [-0.05, 0) is 56.2 Å². The molecule has 2 aromatic carbocycles. The van der Waals surface area contributed by atoms with E-state index in [1.807, 2.05) is 25.1 Å². The quantitative estimate of drug-likeness (QED) is 0.579. The second-order valence-electron chi connectivity index (χ2n) is 7.68. The van der Waals surface area contributed by atoms with Crippen molar-refractivity contribution in [3.63, 3.8) is 0 Å². The molecule has 1 aliphatic heterocycles. The Bertz CT molecular complexity index is 1220. The molecule has 2 heterocycles. The molecular weight excluding hydrogens is 425 g/mol. The normalized spacial score (nSPS) is 15.3. The fourth-order valence-electron chi connectivity index (χ4n) is 3.91. The maximum Gasteiger partial charge on any atom is 0.338 e. The Kier molecular flexibility index (Phi) is 6.21. The van der Waals surface area contributed by atoms with E-state index in [-0.39, 0.29) is 24.9 Å². The van der Waals surface area contributed by atoms with Crippen molar-refractivity contribution >= 4 is 23.5 Å². The Hall–Kier alpha value is -4.01. The van der Waals surface area contributed by atoms with E-state index >= 15 is 0 Å². The smallest absolute Gasteiger partial charge is 0.338 e. The summed E-state index contributed by atoms with van der Waals surface area (Å²) in [6.07, 6.45) is 1.36. The van der Waals surface area contributed by atoms with Gasteiger partial charge in [-0.1, -0.05) is 24.3 Å². The molecule has 1 N–H and O–H groups in total. The SMILES string of the molecule is CCOC(=O)C1=C(C)N(CC(=O)Nc2cccc(C)c2)c2ncnn2[C@@H]1c1ccc(F)cc1. The third-order valence-electron chi connectivity index (χ3n) is 5.39. The van der Waals surface area contributed by atoms with Crippen LogP contribution in [0.5, 0.6) is 0 Å². The first-order chi connectivity index (χ1) is 15.9. The molecule has 0 unspecified atom stereocenters. The van der Waals surface area contributed by atoms with Gasteiger partial charge < -0.3 is 15.0 Å². The minimum atomic E-state index is -0.668. The number of amides is 1. The minimum Gasteiger partial charge on any atom is -0.463 e. The molecule has 9 heteroatoms. The molecule has 3 aromatic rings. The molecule has 0 saturated carbocycles. The zero-order chi connectivity index (χ0) is 23.5. The second-order valence-corrected chi connectivity index (χ2v) is 7.68. The van der Waals surface area contributed by atoms with E-state index in [4.69, 9.17) is 4.74 Å². The van der Waals surface area contributed by atoms with Crippen LogP contribution in [-0.2, 0) is 14.3 Å². The van der Waals surface area contributed by atoms with Crippen LogP contribution >= 0.6 is 0 Å². The average molecular weight is 449 g/mol. The number of carbonyl (C=O) groups is 2. The van der Waals surface area contributed by atoms with Gasteiger partial charge in [0.2, 0.25) is 11.9 Å². The molecule has 1 amide bonds. The maximum atomic E-state index is 13.6. The van der Waals surface area contributed by atoms with Crippen LogP contribution in [0.1, 0.15) is 31.0 Å². The van der Waals surface area contributed by atoms with E-state index in [1.165, 1.54) is 18.5 Å². The first-order valence-electron chi connectivity index (χ1n) is 10.6. The molecule has 0 aliphatic carbocycles. The fraction of sp³-hybridized carbons (Fsp3) is 0.250. The lowest BCUT2D eigenvalue weighted by Gasteiger charge is -2.35. The lowest BCUT2D eigenvalue weighted by atomic mass is 9.95. The van der Waals surface area contributed by atoms with Gasteiger partial charge in [0.05, 0.1) is 12.2 Å². The number of nitrogens with one attached hydrogen (secondary N) is 1. The Morgan fingerprint density at radius 3 is 2.61 bits per heavy atom. The number of benzene rings is 2. The highest BCUT2D eigenvalue weighted by atomic mass is 19.1. The highest BCUT2D eigenvalue weighted by molar-refractivity contribution is 5.96. The Morgan fingerprint density at radius 2 is 1.91 bits per heavy atom. The Labute approximate surface area is 190 Å². The summed E-state index contributed by atoms with van der Waals surface area (Å²) >= 11 is 0. The van der Waals surface area contributed by atoms with Gasteiger partial charge >= 0.3 is 5.97 Å².